The second-order valence-electron chi connectivity index (χ2n) is 12.7. The molecule has 0 fully saturated rings. The highest BCUT2D eigenvalue weighted by Gasteiger charge is 2.31. The standard InChI is InChI=1S/C41H43FN2O6/c1-27(2)39-38(41(49)43-33-19-13-29(14-20-33)26-50-25-28-9-5-3-6-10-28)37(30-11-7-4-8-12-30)40(31-15-17-32(42)18-16-31)44(39)22-21-34(45)23-35(46)24-36(47)48/h3-20,27,34-35,45-46H,21-26H2,1-2H3,(H,43,49)(H,47,48)/t34-,35-/m1/s1. The van der Waals surface area contributed by atoms with Crippen LogP contribution in [0.1, 0.15) is 66.2 Å². The first-order valence-electron chi connectivity index (χ1n) is 16.8. The van der Waals surface area contributed by atoms with E-state index < -0.39 is 30.4 Å². The number of anilines is 1. The Labute approximate surface area is 291 Å². The number of carbonyl (C=O) groups excluding carboxylic acids is 1. The molecule has 0 aliphatic rings. The van der Waals surface area contributed by atoms with Crippen LogP contribution in [0.3, 0.4) is 0 Å². The highest BCUT2D eigenvalue weighted by Crippen LogP contribution is 2.42. The summed E-state index contributed by atoms with van der Waals surface area (Å²) in [5.74, 6) is -2.01. The van der Waals surface area contributed by atoms with Crippen LogP contribution >= 0.6 is 0 Å². The molecule has 0 aliphatic carbocycles. The van der Waals surface area contributed by atoms with Crippen LogP contribution in [0.4, 0.5) is 10.1 Å². The van der Waals surface area contributed by atoms with Gasteiger partial charge >= 0.3 is 5.97 Å². The SMILES string of the molecule is CC(C)c1c(C(=O)Nc2ccc(COCc3ccccc3)cc2)c(-c2ccccc2)c(-c2ccc(F)cc2)n1CC[C@@H](O)C[C@@H](O)CC(=O)O. The highest BCUT2D eigenvalue weighted by molar-refractivity contribution is 6.12. The Hall–Kier alpha value is -5.09. The fraction of sp³-hybridized carbons (Fsp3) is 0.268. The minimum absolute atomic E-state index is 0.108. The Bertz CT molecular complexity index is 1860. The van der Waals surface area contributed by atoms with E-state index in [-0.39, 0.29) is 31.2 Å². The molecule has 1 heterocycles. The van der Waals surface area contributed by atoms with E-state index in [1.54, 1.807) is 12.1 Å². The zero-order valence-corrected chi connectivity index (χ0v) is 28.3. The second-order valence-corrected chi connectivity index (χ2v) is 12.7. The van der Waals surface area contributed by atoms with Crippen LogP contribution in [0.15, 0.2) is 109 Å². The summed E-state index contributed by atoms with van der Waals surface area (Å²) in [5, 5.41) is 33.2. The van der Waals surface area contributed by atoms with E-state index >= 15 is 0 Å². The van der Waals surface area contributed by atoms with E-state index in [1.807, 2.05) is 103 Å². The summed E-state index contributed by atoms with van der Waals surface area (Å²) >= 11 is 0. The van der Waals surface area contributed by atoms with Gasteiger partial charge in [-0.25, -0.2) is 4.39 Å². The van der Waals surface area contributed by atoms with Gasteiger partial charge in [0.25, 0.3) is 5.91 Å². The Morgan fingerprint density at radius 1 is 0.780 bits per heavy atom. The van der Waals surface area contributed by atoms with Gasteiger partial charge in [0.15, 0.2) is 0 Å². The van der Waals surface area contributed by atoms with Crippen molar-refractivity contribution in [2.24, 2.45) is 0 Å². The number of ether oxygens (including phenoxy) is 1. The minimum atomic E-state index is -1.20. The minimum Gasteiger partial charge on any atom is -0.481 e. The Morgan fingerprint density at radius 2 is 1.38 bits per heavy atom. The van der Waals surface area contributed by atoms with Gasteiger partial charge < -0.3 is 29.9 Å². The Balaban J connectivity index is 1.50. The molecule has 5 rings (SSSR count). The Kier molecular flexibility index (Phi) is 12.3. The predicted molar refractivity (Wildman–Crippen MR) is 192 cm³/mol. The maximum Gasteiger partial charge on any atom is 0.305 e. The molecule has 1 aromatic heterocycles. The number of rotatable bonds is 16. The van der Waals surface area contributed by atoms with E-state index in [1.165, 1.54) is 12.1 Å². The predicted octanol–water partition coefficient (Wildman–Crippen LogP) is 8.03. The van der Waals surface area contributed by atoms with Crippen molar-refractivity contribution in [3.8, 4) is 22.4 Å². The molecule has 0 aliphatic heterocycles. The van der Waals surface area contributed by atoms with Crippen molar-refractivity contribution in [1.29, 1.82) is 0 Å². The molecule has 4 aromatic carbocycles. The average molecular weight is 679 g/mol. The summed E-state index contributed by atoms with van der Waals surface area (Å²) in [6.07, 6.45) is -2.59. The summed E-state index contributed by atoms with van der Waals surface area (Å²) < 4.78 is 22.0. The topological polar surface area (TPSA) is 121 Å². The highest BCUT2D eigenvalue weighted by atomic mass is 19.1. The lowest BCUT2D eigenvalue weighted by atomic mass is 9.94. The van der Waals surface area contributed by atoms with E-state index in [2.05, 4.69) is 5.32 Å². The third-order valence-electron chi connectivity index (χ3n) is 8.49. The molecule has 0 unspecified atom stereocenters. The first kappa shape index (κ1) is 36.2. The van der Waals surface area contributed by atoms with Gasteiger partial charge in [-0.3, -0.25) is 9.59 Å². The van der Waals surface area contributed by atoms with Crippen LogP contribution in [0, 0.1) is 5.82 Å². The maximum absolute atomic E-state index is 14.4. The molecule has 50 heavy (non-hydrogen) atoms. The van der Waals surface area contributed by atoms with Crippen molar-refractivity contribution in [3.63, 3.8) is 0 Å². The Morgan fingerprint density at radius 3 is 1.98 bits per heavy atom. The molecular formula is C41H43FN2O6. The molecule has 9 heteroatoms. The van der Waals surface area contributed by atoms with Crippen molar-refractivity contribution in [3.05, 3.63) is 137 Å². The van der Waals surface area contributed by atoms with E-state index in [0.29, 0.717) is 41.3 Å². The number of hydrogen-bond donors (Lipinski definition) is 4. The van der Waals surface area contributed by atoms with Crippen molar-refractivity contribution < 1.29 is 34.0 Å². The molecule has 4 N–H and O–H groups in total. The molecule has 0 bridgehead atoms. The van der Waals surface area contributed by atoms with Gasteiger partial charge in [0.1, 0.15) is 5.82 Å². The van der Waals surface area contributed by atoms with Gasteiger partial charge in [0, 0.05) is 23.5 Å². The smallest absolute Gasteiger partial charge is 0.305 e. The lowest BCUT2D eigenvalue weighted by Gasteiger charge is -2.20. The van der Waals surface area contributed by atoms with Gasteiger partial charge in [-0.15, -0.1) is 0 Å². The van der Waals surface area contributed by atoms with Crippen molar-refractivity contribution in [2.45, 2.75) is 71.0 Å². The summed E-state index contributed by atoms with van der Waals surface area (Å²) in [6.45, 7) is 5.15. The first-order chi connectivity index (χ1) is 24.1. The number of aliphatic carboxylic acids is 1. The van der Waals surface area contributed by atoms with Crippen LogP contribution < -0.4 is 5.32 Å². The van der Waals surface area contributed by atoms with Crippen LogP contribution in [0.5, 0.6) is 0 Å². The largest absolute Gasteiger partial charge is 0.481 e. The molecule has 2 atom stereocenters. The fourth-order valence-corrected chi connectivity index (χ4v) is 6.23. The van der Waals surface area contributed by atoms with Gasteiger partial charge in [-0.1, -0.05) is 86.6 Å². The molecular weight excluding hydrogens is 635 g/mol. The quantitative estimate of drug-likeness (QED) is 0.0839. The number of carboxylic acid groups (broad SMARTS) is 1. The normalized spacial score (nSPS) is 12.5. The maximum atomic E-state index is 14.4. The number of aliphatic hydroxyl groups excluding tert-OH is 2. The molecule has 0 spiro atoms. The summed E-state index contributed by atoms with van der Waals surface area (Å²) in [4.78, 5) is 25.5. The molecule has 0 radical (unpaired) electrons. The van der Waals surface area contributed by atoms with Crippen LogP contribution in [0.25, 0.3) is 22.4 Å². The summed E-state index contributed by atoms with van der Waals surface area (Å²) in [6, 6.07) is 33.1. The number of halogens is 1. The van der Waals surface area contributed by atoms with E-state index in [9.17, 15) is 24.2 Å². The number of nitrogens with zero attached hydrogens (tertiary/aromatic N) is 1. The summed E-state index contributed by atoms with van der Waals surface area (Å²) in [5.41, 5.74) is 6.68. The van der Waals surface area contributed by atoms with E-state index in [4.69, 9.17) is 9.84 Å². The number of aliphatic hydroxyl groups is 2. The van der Waals surface area contributed by atoms with E-state index in [0.717, 1.165) is 22.4 Å². The number of aromatic nitrogens is 1. The van der Waals surface area contributed by atoms with Crippen molar-refractivity contribution >= 4 is 17.6 Å². The fourth-order valence-electron chi connectivity index (χ4n) is 6.23. The molecule has 260 valence electrons. The molecule has 0 saturated heterocycles. The summed E-state index contributed by atoms with van der Waals surface area (Å²) in [7, 11) is 0. The lowest BCUT2D eigenvalue weighted by molar-refractivity contribution is -0.139. The molecule has 0 saturated carbocycles. The third-order valence-corrected chi connectivity index (χ3v) is 8.49. The first-order valence-corrected chi connectivity index (χ1v) is 16.8. The van der Waals surface area contributed by atoms with Crippen LogP contribution in [-0.2, 0) is 29.3 Å². The van der Waals surface area contributed by atoms with Gasteiger partial charge in [-0.2, -0.15) is 0 Å². The van der Waals surface area contributed by atoms with Gasteiger partial charge in [-0.05, 0) is 77.4 Å². The molecule has 5 aromatic rings. The third kappa shape index (κ3) is 9.32. The number of amides is 1. The zero-order chi connectivity index (χ0) is 35.6. The molecule has 1 amide bonds. The number of nitrogens with one attached hydrogen (secondary N) is 1. The van der Waals surface area contributed by atoms with Gasteiger partial charge in [0.05, 0.1) is 43.1 Å². The number of carbonyl (C=O) groups is 2. The van der Waals surface area contributed by atoms with Gasteiger partial charge in [0.2, 0.25) is 0 Å². The number of benzene rings is 4. The van der Waals surface area contributed by atoms with Crippen LogP contribution in [0.2, 0.25) is 0 Å². The molecule has 8 nitrogen and oxygen atoms in total. The van der Waals surface area contributed by atoms with Crippen LogP contribution in [-0.4, -0.2) is 44.0 Å². The average Bonchev–Trinajstić information content (AvgIpc) is 3.44. The van der Waals surface area contributed by atoms with Crippen molar-refractivity contribution in [1.82, 2.24) is 4.57 Å². The van der Waals surface area contributed by atoms with Crippen molar-refractivity contribution in [2.75, 3.05) is 5.32 Å². The monoisotopic (exact) mass is 678 g/mol. The lowest BCUT2D eigenvalue weighted by Crippen LogP contribution is -2.22. The number of carboxylic acids is 1. The second kappa shape index (κ2) is 17.0. The zero-order valence-electron chi connectivity index (χ0n) is 28.3. The number of hydrogen-bond acceptors (Lipinski definition) is 5.